The third-order valence-electron chi connectivity index (χ3n) is 3.75. The van der Waals surface area contributed by atoms with E-state index in [2.05, 4.69) is 16.5 Å². The minimum Gasteiger partial charge on any atom is -0.392 e. The summed E-state index contributed by atoms with van der Waals surface area (Å²) in [5, 5.41) is 17.0. The molecule has 4 heteroatoms. The normalized spacial score (nSPS) is 20.7. The maximum atomic E-state index is 10.5. The number of aryl methyl sites for hydroxylation is 2. The minimum absolute atomic E-state index is 0.294. The van der Waals surface area contributed by atoms with Crippen molar-refractivity contribution < 1.29 is 5.11 Å². The highest BCUT2D eigenvalue weighted by atomic mass is 32.1. The Kier molecular flexibility index (Phi) is 3.22. The number of rotatable bonds is 3. The minimum atomic E-state index is -0.312. The quantitative estimate of drug-likeness (QED) is 0.923. The van der Waals surface area contributed by atoms with E-state index in [1.54, 1.807) is 4.68 Å². The molecule has 0 bridgehead atoms. The maximum absolute atomic E-state index is 10.5. The molecule has 1 aliphatic carbocycles. The van der Waals surface area contributed by atoms with Crippen LogP contribution in [0.5, 0.6) is 0 Å². The number of nitrogens with zero attached hydrogens (tertiary/aromatic N) is 2. The number of hydrogen-bond donors (Lipinski definition) is 1. The second-order valence-electron chi connectivity index (χ2n) is 5.05. The molecule has 3 rings (SSSR count). The van der Waals surface area contributed by atoms with Crippen molar-refractivity contribution in [2.75, 3.05) is 0 Å². The lowest BCUT2D eigenvalue weighted by molar-refractivity contribution is 0.134. The fourth-order valence-electron chi connectivity index (χ4n) is 2.85. The van der Waals surface area contributed by atoms with Crippen molar-refractivity contribution in [1.82, 2.24) is 9.78 Å². The molecule has 0 radical (unpaired) electrons. The highest BCUT2D eigenvalue weighted by molar-refractivity contribution is 7.10. The summed E-state index contributed by atoms with van der Waals surface area (Å²) in [4.78, 5) is 1.46. The molecule has 1 N–H and O–H groups in total. The van der Waals surface area contributed by atoms with Gasteiger partial charge in [0.05, 0.1) is 11.8 Å². The molecule has 2 aromatic rings. The topological polar surface area (TPSA) is 38.0 Å². The van der Waals surface area contributed by atoms with E-state index in [0.717, 1.165) is 12.1 Å². The van der Waals surface area contributed by atoms with Gasteiger partial charge in [-0.2, -0.15) is 5.10 Å². The summed E-state index contributed by atoms with van der Waals surface area (Å²) in [6.45, 7) is 0. The van der Waals surface area contributed by atoms with Crippen LogP contribution in [0, 0.1) is 0 Å². The Labute approximate surface area is 111 Å². The van der Waals surface area contributed by atoms with Crippen LogP contribution < -0.4 is 0 Å². The molecule has 2 atom stereocenters. The van der Waals surface area contributed by atoms with Crippen LogP contribution in [0.3, 0.4) is 0 Å². The van der Waals surface area contributed by atoms with Crippen LogP contribution in [0.25, 0.3) is 0 Å². The molecule has 0 saturated heterocycles. The van der Waals surface area contributed by atoms with E-state index < -0.39 is 0 Å². The van der Waals surface area contributed by atoms with E-state index in [4.69, 9.17) is 0 Å². The molecule has 18 heavy (non-hydrogen) atoms. The zero-order valence-electron chi connectivity index (χ0n) is 10.5. The van der Waals surface area contributed by atoms with Crippen LogP contribution in [0.1, 0.15) is 34.9 Å². The highest BCUT2D eigenvalue weighted by Gasteiger charge is 2.27. The van der Waals surface area contributed by atoms with Crippen LogP contribution in [0.2, 0.25) is 0 Å². The van der Waals surface area contributed by atoms with E-state index in [1.165, 1.54) is 23.3 Å². The van der Waals surface area contributed by atoms with Crippen LogP contribution in [0.4, 0.5) is 0 Å². The number of aromatic nitrogens is 2. The Morgan fingerprint density at radius 1 is 1.56 bits per heavy atom. The van der Waals surface area contributed by atoms with Crippen LogP contribution >= 0.6 is 11.3 Å². The van der Waals surface area contributed by atoms with Gasteiger partial charge in [0, 0.05) is 30.5 Å². The Hall–Kier alpha value is -1.13. The molecule has 0 saturated carbocycles. The molecular weight excluding hydrogens is 244 g/mol. The fraction of sp³-hybridized carbons (Fsp3) is 0.500. The van der Waals surface area contributed by atoms with Crippen molar-refractivity contribution in [2.45, 2.75) is 37.7 Å². The summed E-state index contributed by atoms with van der Waals surface area (Å²) in [6, 6.07) is 4.17. The Bertz CT molecular complexity index is 531. The molecule has 0 aromatic carbocycles. The molecule has 2 heterocycles. The van der Waals surface area contributed by atoms with Gasteiger partial charge in [-0.05, 0) is 42.3 Å². The maximum Gasteiger partial charge on any atom is 0.0665 e. The average Bonchev–Trinajstić information content (AvgIpc) is 2.97. The molecule has 0 spiro atoms. The molecule has 96 valence electrons. The second-order valence-corrected chi connectivity index (χ2v) is 6.05. The summed E-state index contributed by atoms with van der Waals surface area (Å²) < 4.78 is 1.79. The molecule has 0 amide bonds. The predicted octanol–water partition coefficient (Wildman–Crippen LogP) is 2.51. The molecule has 3 nitrogen and oxygen atoms in total. The summed E-state index contributed by atoms with van der Waals surface area (Å²) in [7, 11) is 1.91. The monoisotopic (exact) mass is 262 g/mol. The van der Waals surface area contributed by atoms with E-state index in [1.807, 2.05) is 30.6 Å². The molecule has 1 aliphatic rings. The Morgan fingerprint density at radius 3 is 3.22 bits per heavy atom. The van der Waals surface area contributed by atoms with E-state index in [9.17, 15) is 5.11 Å². The van der Waals surface area contributed by atoms with Crippen molar-refractivity contribution in [2.24, 2.45) is 7.05 Å². The number of hydrogen-bond acceptors (Lipinski definition) is 3. The molecule has 2 unspecified atom stereocenters. The largest absolute Gasteiger partial charge is 0.392 e. The first-order valence-corrected chi connectivity index (χ1v) is 7.35. The van der Waals surface area contributed by atoms with E-state index in [0.29, 0.717) is 12.3 Å². The summed E-state index contributed by atoms with van der Waals surface area (Å²) >= 11 is 1.83. The standard InChI is InChI=1S/C14H18N2OS/c1-16-7-5-10(15-16)9-13(17)11-3-2-4-14-12(11)6-8-18-14/h5-8,11,13,17H,2-4,9H2,1H3. The lowest BCUT2D eigenvalue weighted by atomic mass is 9.82. The number of aliphatic hydroxyl groups is 1. The van der Waals surface area contributed by atoms with Crippen molar-refractivity contribution in [3.63, 3.8) is 0 Å². The molecule has 0 aliphatic heterocycles. The predicted molar refractivity (Wildman–Crippen MR) is 72.9 cm³/mol. The third-order valence-corrected chi connectivity index (χ3v) is 4.75. The number of fused-ring (bicyclic) bond motifs is 1. The zero-order chi connectivity index (χ0) is 12.5. The lowest BCUT2D eigenvalue weighted by Crippen LogP contribution is -2.24. The van der Waals surface area contributed by atoms with Crippen molar-refractivity contribution >= 4 is 11.3 Å². The lowest BCUT2D eigenvalue weighted by Gasteiger charge is -2.26. The summed E-state index contributed by atoms with van der Waals surface area (Å²) in [5.41, 5.74) is 2.35. The third kappa shape index (κ3) is 2.22. The van der Waals surface area contributed by atoms with Gasteiger partial charge in [-0.15, -0.1) is 11.3 Å². The summed E-state index contributed by atoms with van der Waals surface area (Å²) in [5.74, 6) is 0.294. The molecule has 0 fully saturated rings. The van der Waals surface area contributed by atoms with Gasteiger partial charge in [0.15, 0.2) is 0 Å². The van der Waals surface area contributed by atoms with Gasteiger partial charge in [-0.3, -0.25) is 4.68 Å². The first-order chi connectivity index (χ1) is 8.74. The van der Waals surface area contributed by atoms with Crippen molar-refractivity contribution in [1.29, 1.82) is 0 Å². The van der Waals surface area contributed by atoms with Crippen molar-refractivity contribution in [3.05, 3.63) is 39.8 Å². The smallest absolute Gasteiger partial charge is 0.0665 e. The Morgan fingerprint density at radius 2 is 2.44 bits per heavy atom. The Balaban J connectivity index is 1.76. The van der Waals surface area contributed by atoms with Gasteiger partial charge in [-0.25, -0.2) is 0 Å². The SMILES string of the molecule is Cn1ccc(CC(O)C2CCCc3sccc32)n1. The zero-order valence-corrected chi connectivity index (χ0v) is 11.4. The highest BCUT2D eigenvalue weighted by Crippen LogP contribution is 2.37. The number of thiophene rings is 1. The molecule has 2 aromatic heterocycles. The van der Waals surface area contributed by atoms with Gasteiger partial charge < -0.3 is 5.11 Å². The average molecular weight is 262 g/mol. The van der Waals surface area contributed by atoms with Crippen LogP contribution in [-0.4, -0.2) is 21.0 Å². The van der Waals surface area contributed by atoms with Gasteiger partial charge in [0.1, 0.15) is 0 Å². The van der Waals surface area contributed by atoms with Crippen LogP contribution in [0.15, 0.2) is 23.7 Å². The van der Waals surface area contributed by atoms with Crippen LogP contribution in [-0.2, 0) is 19.9 Å². The summed E-state index contributed by atoms with van der Waals surface area (Å²) in [6.07, 6.45) is 5.74. The van der Waals surface area contributed by atoms with Gasteiger partial charge in [0.25, 0.3) is 0 Å². The fourth-order valence-corrected chi connectivity index (χ4v) is 3.85. The number of aliphatic hydroxyl groups excluding tert-OH is 1. The molecular formula is C14H18N2OS. The second kappa shape index (κ2) is 4.86. The first kappa shape index (κ1) is 11.9. The van der Waals surface area contributed by atoms with E-state index in [-0.39, 0.29) is 6.10 Å². The van der Waals surface area contributed by atoms with Crippen molar-refractivity contribution in [3.8, 4) is 0 Å². The van der Waals surface area contributed by atoms with Gasteiger partial charge in [-0.1, -0.05) is 0 Å². The van der Waals surface area contributed by atoms with Gasteiger partial charge in [0.2, 0.25) is 0 Å². The van der Waals surface area contributed by atoms with Gasteiger partial charge >= 0.3 is 0 Å². The first-order valence-electron chi connectivity index (χ1n) is 6.47. The van der Waals surface area contributed by atoms with E-state index >= 15 is 0 Å².